The highest BCUT2D eigenvalue weighted by Crippen LogP contribution is 2.45. The fourth-order valence-electron chi connectivity index (χ4n) is 5.76. The van der Waals surface area contributed by atoms with Gasteiger partial charge in [-0.3, -0.25) is 19.3 Å². The van der Waals surface area contributed by atoms with Crippen molar-refractivity contribution in [2.45, 2.75) is 32.0 Å². The molecule has 1 aliphatic rings. The van der Waals surface area contributed by atoms with Gasteiger partial charge in [-0.25, -0.2) is 0 Å². The second-order valence-electron chi connectivity index (χ2n) is 11.1. The largest absolute Gasteiger partial charge is 0.395 e. The minimum atomic E-state index is -1.83. The Morgan fingerprint density at radius 3 is 2.24 bits per heavy atom. The van der Waals surface area contributed by atoms with Crippen LogP contribution in [-0.2, 0) is 33.1 Å². The Morgan fingerprint density at radius 2 is 1.53 bits per heavy atom. The van der Waals surface area contributed by atoms with E-state index in [1.165, 1.54) is 4.90 Å². The Labute approximate surface area is 263 Å². The molecule has 0 fully saturated rings. The number of rotatable bonds is 13. The molecule has 2 atom stereocenters. The highest BCUT2D eigenvalue weighted by molar-refractivity contribution is 6.07. The van der Waals surface area contributed by atoms with Crippen LogP contribution in [0.3, 0.4) is 0 Å². The Hall–Kier alpha value is -5.05. The first-order chi connectivity index (χ1) is 21.9. The Balaban J connectivity index is 1.33. The monoisotopic (exact) mass is 603 g/mol. The van der Waals surface area contributed by atoms with Crippen molar-refractivity contribution >= 4 is 35.3 Å². The van der Waals surface area contributed by atoms with Crippen molar-refractivity contribution in [2.24, 2.45) is 5.92 Å². The molecule has 0 saturated carbocycles. The standard InChI is InChI=1S/C37H37N3O5/c1-28(12-10-21-35(43)38(22-23-41)25-29-13-4-2-5-14-29)37(45)33-19-8-9-20-34(33)39(36(37)44)26-30-15-11-18-32(24-30)40(27-42)31-16-6-3-7-17-31/h2-20,24,27-28,41,45H,21-23,25-26H2,1H3/b12-10+/t28-,37+/m1/s1. The number of hydrogen-bond acceptors (Lipinski definition) is 5. The molecule has 5 rings (SSSR count). The van der Waals surface area contributed by atoms with Crippen molar-refractivity contribution in [1.29, 1.82) is 0 Å². The van der Waals surface area contributed by atoms with Gasteiger partial charge in [0.2, 0.25) is 12.3 Å². The molecular weight excluding hydrogens is 566 g/mol. The number of anilines is 3. The zero-order valence-corrected chi connectivity index (χ0v) is 25.2. The summed E-state index contributed by atoms with van der Waals surface area (Å²) >= 11 is 0. The molecule has 8 nitrogen and oxygen atoms in total. The molecule has 8 heteroatoms. The predicted molar refractivity (Wildman–Crippen MR) is 174 cm³/mol. The van der Waals surface area contributed by atoms with E-state index in [-0.39, 0.29) is 32.0 Å². The maximum Gasteiger partial charge on any atom is 0.264 e. The molecule has 1 heterocycles. The van der Waals surface area contributed by atoms with Gasteiger partial charge in [-0.2, -0.15) is 0 Å². The molecule has 0 bridgehead atoms. The number of aliphatic hydroxyl groups is 2. The highest BCUT2D eigenvalue weighted by Gasteiger charge is 2.52. The molecule has 0 saturated heterocycles. The van der Waals surface area contributed by atoms with Crippen LogP contribution < -0.4 is 9.80 Å². The fourth-order valence-corrected chi connectivity index (χ4v) is 5.76. The fraction of sp³-hybridized carbons (Fsp3) is 0.216. The normalized spacial score (nSPS) is 16.4. The van der Waals surface area contributed by atoms with Crippen LogP contribution in [0, 0.1) is 5.92 Å². The third kappa shape index (κ3) is 6.72. The van der Waals surface area contributed by atoms with Crippen molar-refractivity contribution in [3.05, 3.63) is 138 Å². The van der Waals surface area contributed by atoms with Gasteiger partial charge in [0.1, 0.15) is 0 Å². The van der Waals surface area contributed by atoms with E-state index in [9.17, 15) is 24.6 Å². The summed E-state index contributed by atoms with van der Waals surface area (Å²) in [6, 6.07) is 33.5. The van der Waals surface area contributed by atoms with E-state index in [0.29, 0.717) is 23.5 Å². The van der Waals surface area contributed by atoms with Gasteiger partial charge in [0.05, 0.1) is 18.8 Å². The molecular formula is C37H37N3O5. The van der Waals surface area contributed by atoms with Crippen molar-refractivity contribution in [3.8, 4) is 0 Å². The van der Waals surface area contributed by atoms with Crippen LogP contribution in [0.5, 0.6) is 0 Å². The second kappa shape index (κ2) is 14.2. The first-order valence-corrected chi connectivity index (χ1v) is 15.0. The van der Waals surface area contributed by atoms with Crippen LogP contribution in [0.25, 0.3) is 0 Å². The van der Waals surface area contributed by atoms with Crippen LogP contribution in [0.15, 0.2) is 121 Å². The van der Waals surface area contributed by atoms with Gasteiger partial charge in [0.25, 0.3) is 5.91 Å². The number of aliphatic hydroxyl groups excluding tert-OH is 1. The molecule has 1 aliphatic heterocycles. The summed E-state index contributed by atoms with van der Waals surface area (Å²) in [5.41, 5.74) is 2.41. The van der Waals surface area contributed by atoms with Gasteiger partial charge in [-0.05, 0) is 41.5 Å². The summed E-state index contributed by atoms with van der Waals surface area (Å²) in [5, 5.41) is 21.5. The van der Waals surface area contributed by atoms with Crippen molar-refractivity contribution in [3.63, 3.8) is 0 Å². The topological polar surface area (TPSA) is 101 Å². The maximum atomic E-state index is 14.0. The van der Waals surface area contributed by atoms with Crippen molar-refractivity contribution < 1.29 is 24.6 Å². The summed E-state index contributed by atoms with van der Waals surface area (Å²) in [4.78, 5) is 43.7. The average molecular weight is 604 g/mol. The van der Waals surface area contributed by atoms with Gasteiger partial charge in [0.15, 0.2) is 5.60 Å². The van der Waals surface area contributed by atoms with E-state index in [2.05, 4.69) is 0 Å². The Bertz CT molecular complexity index is 1660. The molecule has 3 amide bonds. The van der Waals surface area contributed by atoms with Crippen LogP contribution in [-0.4, -0.2) is 46.5 Å². The summed E-state index contributed by atoms with van der Waals surface area (Å²) in [6.45, 7) is 2.39. The highest BCUT2D eigenvalue weighted by atomic mass is 16.3. The molecule has 0 radical (unpaired) electrons. The second-order valence-corrected chi connectivity index (χ2v) is 11.1. The van der Waals surface area contributed by atoms with E-state index >= 15 is 0 Å². The van der Waals surface area contributed by atoms with E-state index in [1.54, 1.807) is 41.0 Å². The number of carbonyl (C=O) groups excluding carboxylic acids is 3. The first kappa shape index (κ1) is 31.4. The molecule has 2 N–H and O–H groups in total. The van der Waals surface area contributed by atoms with Crippen LogP contribution in [0.4, 0.5) is 17.1 Å². The van der Waals surface area contributed by atoms with Gasteiger partial charge in [0, 0.05) is 42.4 Å². The van der Waals surface area contributed by atoms with Gasteiger partial charge < -0.3 is 20.0 Å². The third-order valence-electron chi connectivity index (χ3n) is 8.16. The molecule has 0 spiro atoms. The molecule has 0 aromatic heterocycles. The number of benzene rings is 4. The number of nitrogens with zero attached hydrogens (tertiary/aromatic N) is 3. The summed E-state index contributed by atoms with van der Waals surface area (Å²) in [5.74, 6) is -1.26. The Kier molecular flexibility index (Phi) is 9.87. The van der Waals surface area contributed by atoms with Crippen LogP contribution in [0.1, 0.15) is 30.0 Å². The third-order valence-corrected chi connectivity index (χ3v) is 8.16. The lowest BCUT2D eigenvalue weighted by molar-refractivity contribution is -0.139. The quantitative estimate of drug-likeness (QED) is 0.159. The van der Waals surface area contributed by atoms with E-state index in [4.69, 9.17) is 0 Å². The lowest BCUT2D eigenvalue weighted by Crippen LogP contribution is -2.44. The molecule has 4 aromatic rings. The predicted octanol–water partition coefficient (Wildman–Crippen LogP) is 5.32. The minimum Gasteiger partial charge on any atom is -0.395 e. The summed E-state index contributed by atoms with van der Waals surface area (Å²) in [6.07, 6.45) is 4.21. The molecule has 0 unspecified atom stereocenters. The van der Waals surface area contributed by atoms with Crippen molar-refractivity contribution in [1.82, 2.24) is 4.90 Å². The summed E-state index contributed by atoms with van der Waals surface area (Å²) in [7, 11) is 0. The Morgan fingerprint density at radius 1 is 0.889 bits per heavy atom. The van der Waals surface area contributed by atoms with Crippen LogP contribution in [0.2, 0.25) is 0 Å². The lowest BCUT2D eigenvalue weighted by Gasteiger charge is -2.28. The zero-order valence-electron chi connectivity index (χ0n) is 25.2. The van der Waals surface area contributed by atoms with E-state index in [1.807, 2.05) is 97.1 Å². The number of carbonyl (C=O) groups is 3. The van der Waals surface area contributed by atoms with Crippen molar-refractivity contribution in [2.75, 3.05) is 23.0 Å². The van der Waals surface area contributed by atoms with Gasteiger partial charge >= 0.3 is 0 Å². The maximum absolute atomic E-state index is 14.0. The summed E-state index contributed by atoms with van der Waals surface area (Å²) < 4.78 is 0. The smallest absolute Gasteiger partial charge is 0.264 e. The molecule has 0 aliphatic carbocycles. The number of amides is 3. The van der Waals surface area contributed by atoms with Gasteiger partial charge in [-0.1, -0.05) is 97.9 Å². The lowest BCUT2D eigenvalue weighted by atomic mass is 9.83. The van der Waals surface area contributed by atoms with E-state index < -0.39 is 17.4 Å². The number of fused-ring (bicyclic) bond motifs is 1. The minimum absolute atomic E-state index is 0.0637. The molecule has 45 heavy (non-hydrogen) atoms. The van der Waals surface area contributed by atoms with Gasteiger partial charge in [-0.15, -0.1) is 0 Å². The first-order valence-electron chi connectivity index (χ1n) is 15.0. The van der Waals surface area contributed by atoms with E-state index in [0.717, 1.165) is 23.2 Å². The molecule has 230 valence electrons. The SMILES string of the molecule is C[C@H](/C=C/CC(=O)N(CCO)Cc1ccccc1)[C@@]1(O)C(=O)N(Cc2cccc(N(C=O)c3ccccc3)c2)c2ccccc21. The number of para-hydroxylation sites is 2. The zero-order chi connectivity index (χ0) is 31.8. The average Bonchev–Trinajstić information content (AvgIpc) is 3.28. The number of hydrogen-bond donors (Lipinski definition) is 2. The van der Waals surface area contributed by atoms with Crippen LogP contribution >= 0.6 is 0 Å². The molecule has 4 aromatic carbocycles.